The maximum Gasteiger partial charge on any atom is 0.338 e. The molecule has 1 unspecified atom stereocenters. The van der Waals surface area contributed by atoms with Crippen molar-refractivity contribution in [3.05, 3.63) is 35.9 Å². The van der Waals surface area contributed by atoms with E-state index in [-0.39, 0.29) is 13.2 Å². The quantitative estimate of drug-likeness (QED) is 0.350. The molecule has 1 aromatic rings. The minimum Gasteiger partial charge on any atom is -0.459 e. The van der Waals surface area contributed by atoms with Crippen LogP contribution in [0.1, 0.15) is 10.4 Å². The Morgan fingerprint density at radius 1 is 1.08 bits per heavy atom. The second-order valence-electron chi connectivity index (χ2n) is 5.65. The molecule has 0 aliphatic carbocycles. The minimum absolute atomic E-state index is 0.338. The molecule has 1 aliphatic rings. The lowest BCUT2D eigenvalue weighted by Gasteiger charge is -2.39. The van der Waals surface area contributed by atoms with Crippen molar-refractivity contribution in [3.63, 3.8) is 0 Å². The van der Waals surface area contributed by atoms with E-state index in [1.165, 1.54) is 0 Å². The van der Waals surface area contributed by atoms with Gasteiger partial charge in [0, 0.05) is 0 Å². The fourth-order valence-electron chi connectivity index (χ4n) is 2.29. The smallest absolute Gasteiger partial charge is 0.338 e. The van der Waals surface area contributed by atoms with Gasteiger partial charge < -0.3 is 39.7 Å². The van der Waals surface area contributed by atoms with E-state index in [2.05, 4.69) is 0 Å². The van der Waals surface area contributed by atoms with Crippen molar-refractivity contribution in [1.29, 1.82) is 0 Å². The third-order valence-electron chi connectivity index (χ3n) is 3.72. The van der Waals surface area contributed by atoms with E-state index >= 15 is 0 Å². The van der Waals surface area contributed by atoms with Crippen molar-refractivity contribution in [2.24, 2.45) is 0 Å². The van der Waals surface area contributed by atoms with Crippen molar-refractivity contribution >= 4 is 5.97 Å². The molecule has 0 aromatic heterocycles. The van der Waals surface area contributed by atoms with Gasteiger partial charge >= 0.3 is 5.97 Å². The Labute approximate surface area is 144 Å². The molecule has 9 nitrogen and oxygen atoms in total. The van der Waals surface area contributed by atoms with Gasteiger partial charge in [-0.05, 0) is 12.1 Å². The van der Waals surface area contributed by atoms with Crippen LogP contribution < -0.4 is 0 Å². The van der Waals surface area contributed by atoms with Crippen LogP contribution in [0, 0.1) is 0 Å². The predicted octanol–water partition coefficient (Wildman–Crippen LogP) is -1.98. The van der Waals surface area contributed by atoms with Crippen molar-refractivity contribution < 1.29 is 44.5 Å². The number of aliphatic hydroxyl groups excluding tert-OH is 5. The van der Waals surface area contributed by atoms with Gasteiger partial charge in [0.2, 0.25) is 0 Å². The van der Waals surface area contributed by atoms with Gasteiger partial charge in [0.15, 0.2) is 6.29 Å². The molecule has 1 aromatic carbocycles. The average molecular weight is 358 g/mol. The first kappa shape index (κ1) is 19.7. The largest absolute Gasteiger partial charge is 0.459 e. The number of carbonyl (C=O) groups is 1. The van der Waals surface area contributed by atoms with E-state index in [1.54, 1.807) is 30.3 Å². The summed E-state index contributed by atoms with van der Waals surface area (Å²) in [6.45, 7) is -1.28. The van der Waals surface area contributed by atoms with Crippen molar-refractivity contribution in [2.75, 3.05) is 19.8 Å². The van der Waals surface area contributed by atoms with Crippen LogP contribution >= 0.6 is 0 Å². The second-order valence-corrected chi connectivity index (χ2v) is 5.65. The lowest BCUT2D eigenvalue weighted by atomic mass is 9.99. The molecule has 1 fully saturated rings. The first-order chi connectivity index (χ1) is 11.9. The minimum atomic E-state index is -1.57. The van der Waals surface area contributed by atoms with Crippen LogP contribution in [0.3, 0.4) is 0 Å². The monoisotopic (exact) mass is 358 g/mol. The van der Waals surface area contributed by atoms with E-state index in [9.17, 15) is 25.2 Å². The third-order valence-corrected chi connectivity index (χ3v) is 3.72. The molecule has 1 saturated heterocycles. The summed E-state index contributed by atoms with van der Waals surface area (Å²) in [5.41, 5.74) is 0.338. The standard InChI is InChI=1S/C16H22O9/c17-6-11-12(19)13(20)14(21)16(25-11)24-8-10(18)7-23-15(22)9-4-2-1-3-5-9/h1-5,10-14,16-21H,6-8H2/t10?,11-,12-,13+,14-,16-/m1/s1. The number of hydrogen-bond donors (Lipinski definition) is 5. The Bertz CT molecular complexity index is 536. The molecule has 25 heavy (non-hydrogen) atoms. The summed E-state index contributed by atoms with van der Waals surface area (Å²) < 4.78 is 15.2. The highest BCUT2D eigenvalue weighted by atomic mass is 16.7. The fourth-order valence-corrected chi connectivity index (χ4v) is 2.29. The highest BCUT2D eigenvalue weighted by Crippen LogP contribution is 2.22. The molecular formula is C16H22O9. The molecule has 6 atom stereocenters. The van der Waals surface area contributed by atoms with E-state index in [4.69, 9.17) is 19.3 Å². The van der Waals surface area contributed by atoms with Gasteiger partial charge in [-0.15, -0.1) is 0 Å². The van der Waals surface area contributed by atoms with Gasteiger partial charge in [0.1, 0.15) is 37.1 Å². The summed E-state index contributed by atoms with van der Waals surface area (Å²) in [7, 11) is 0. The molecule has 5 N–H and O–H groups in total. The zero-order valence-electron chi connectivity index (χ0n) is 13.3. The van der Waals surface area contributed by atoms with Crippen LogP contribution in [0.4, 0.5) is 0 Å². The lowest BCUT2D eigenvalue weighted by molar-refractivity contribution is -0.304. The maximum atomic E-state index is 11.7. The van der Waals surface area contributed by atoms with Crippen molar-refractivity contribution in [3.8, 4) is 0 Å². The summed E-state index contributed by atoms with van der Waals surface area (Å²) in [4.78, 5) is 11.7. The molecule has 0 saturated carbocycles. The average Bonchev–Trinajstić information content (AvgIpc) is 2.64. The Hall–Kier alpha value is -1.59. The van der Waals surface area contributed by atoms with E-state index in [0.29, 0.717) is 5.56 Å². The van der Waals surface area contributed by atoms with Gasteiger partial charge in [-0.25, -0.2) is 4.79 Å². The summed E-state index contributed by atoms with van der Waals surface area (Å²) in [5.74, 6) is -0.604. The normalized spacial score (nSPS) is 30.7. The number of carbonyl (C=O) groups excluding carboxylic acids is 1. The summed E-state index contributed by atoms with van der Waals surface area (Å²) in [6.07, 6.45) is -8.26. The highest BCUT2D eigenvalue weighted by Gasteiger charge is 2.44. The summed E-state index contributed by atoms with van der Waals surface area (Å²) in [5, 5.41) is 48.0. The molecule has 1 heterocycles. The SMILES string of the molecule is O=C(OCC(O)CO[C@@H]1O[C@H](CO)[C@@H](O)[C@H](O)[C@H]1O)c1ccccc1. The van der Waals surface area contributed by atoms with Crippen molar-refractivity contribution in [2.45, 2.75) is 36.8 Å². The maximum absolute atomic E-state index is 11.7. The molecular weight excluding hydrogens is 336 g/mol. The van der Waals surface area contributed by atoms with Crippen LogP contribution in [0.25, 0.3) is 0 Å². The zero-order valence-corrected chi connectivity index (χ0v) is 13.3. The van der Waals surface area contributed by atoms with E-state index < -0.39 is 49.4 Å². The van der Waals surface area contributed by atoms with Crippen LogP contribution in [-0.2, 0) is 14.2 Å². The summed E-state index contributed by atoms with van der Waals surface area (Å²) >= 11 is 0. The Kier molecular flexibility index (Phi) is 7.26. The Morgan fingerprint density at radius 2 is 1.76 bits per heavy atom. The lowest BCUT2D eigenvalue weighted by Crippen LogP contribution is -2.59. The highest BCUT2D eigenvalue weighted by molar-refractivity contribution is 5.89. The molecule has 0 spiro atoms. The van der Waals surface area contributed by atoms with Gasteiger partial charge in [-0.2, -0.15) is 0 Å². The molecule has 0 amide bonds. The van der Waals surface area contributed by atoms with E-state index in [1.807, 2.05) is 0 Å². The first-order valence-corrected chi connectivity index (χ1v) is 7.76. The molecule has 140 valence electrons. The molecule has 0 radical (unpaired) electrons. The zero-order chi connectivity index (χ0) is 18.4. The number of rotatable bonds is 7. The molecule has 9 heteroatoms. The molecule has 1 aliphatic heterocycles. The fraction of sp³-hybridized carbons (Fsp3) is 0.562. The molecule has 0 bridgehead atoms. The topological polar surface area (TPSA) is 146 Å². The molecule has 2 rings (SSSR count). The van der Waals surface area contributed by atoms with Crippen LogP contribution in [-0.4, -0.2) is 88.1 Å². The second kappa shape index (κ2) is 9.20. The van der Waals surface area contributed by atoms with Crippen molar-refractivity contribution in [1.82, 2.24) is 0 Å². The Morgan fingerprint density at radius 3 is 2.40 bits per heavy atom. The van der Waals surface area contributed by atoms with Crippen LogP contribution in [0.2, 0.25) is 0 Å². The van der Waals surface area contributed by atoms with E-state index in [0.717, 1.165) is 0 Å². The predicted molar refractivity (Wildman–Crippen MR) is 82.5 cm³/mol. The third kappa shape index (κ3) is 5.19. The first-order valence-electron chi connectivity index (χ1n) is 7.76. The van der Waals surface area contributed by atoms with Crippen LogP contribution in [0.15, 0.2) is 30.3 Å². The van der Waals surface area contributed by atoms with Crippen LogP contribution in [0.5, 0.6) is 0 Å². The van der Waals surface area contributed by atoms with Gasteiger partial charge in [-0.3, -0.25) is 0 Å². The number of ether oxygens (including phenoxy) is 3. The van der Waals surface area contributed by atoms with Gasteiger partial charge in [0.25, 0.3) is 0 Å². The Balaban J connectivity index is 1.77. The number of benzene rings is 1. The summed E-state index contributed by atoms with van der Waals surface area (Å²) in [6, 6.07) is 8.24. The van der Waals surface area contributed by atoms with Gasteiger partial charge in [-0.1, -0.05) is 18.2 Å². The number of aliphatic hydroxyl groups is 5. The number of hydrogen-bond acceptors (Lipinski definition) is 9. The van der Waals surface area contributed by atoms with Gasteiger partial charge in [0.05, 0.1) is 18.8 Å². The number of esters is 1.